The van der Waals surface area contributed by atoms with Crippen molar-refractivity contribution < 1.29 is 57.5 Å². The highest BCUT2D eigenvalue weighted by atomic mass is 16.7. The largest absolute Gasteiger partial charge is 0.507 e. The monoisotopic (exact) mass is 510 g/mol. The molecule has 1 aromatic rings. The number of aryl methyl sites for hydroxylation is 1. The molecular formula is C24H30O12. The predicted octanol–water partition coefficient (Wildman–Crippen LogP) is 1.62. The van der Waals surface area contributed by atoms with E-state index in [1.165, 1.54) is 19.1 Å². The standard InChI is InChI=1S/C24H30O12/c1-7-16-8-17(30)20(11(2)25)18(9-16)35-24-23(34-15(6)29)22(33-14(5)28)21(32-13(4)27)19(36-24)10-31-12(3)26/h8-9,19,21-24,30H,7,10H2,1-6H3/t19-,21-,22+,23-,24-/m1/s1. The number of esters is 4. The maximum Gasteiger partial charge on any atom is 0.303 e. The Bertz CT molecular complexity index is 1020. The highest BCUT2D eigenvalue weighted by Gasteiger charge is 2.53. The van der Waals surface area contributed by atoms with Gasteiger partial charge >= 0.3 is 23.9 Å². The zero-order chi connectivity index (χ0) is 27.2. The van der Waals surface area contributed by atoms with Gasteiger partial charge in [0.05, 0.1) is 0 Å². The van der Waals surface area contributed by atoms with E-state index in [2.05, 4.69) is 0 Å². The minimum absolute atomic E-state index is 0.0831. The third kappa shape index (κ3) is 7.41. The molecule has 5 atom stereocenters. The maximum absolute atomic E-state index is 12.3. The van der Waals surface area contributed by atoms with Crippen LogP contribution in [0.5, 0.6) is 11.5 Å². The Morgan fingerprint density at radius 2 is 1.39 bits per heavy atom. The van der Waals surface area contributed by atoms with Crippen molar-refractivity contribution in [2.45, 2.75) is 78.7 Å². The number of hydrogen-bond acceptors (Lipinski definition) is 12. The Morgan fingerprint density at radius 3 is 1.89 bits per heavy atom. The van der Waals surface area contributed by atoms with E-state index in [9.17, 15) is 29.1 Å². The summed E-state index contributed by atoms with van der Waals surface area (Å²) in [4.78, 5) is 59.4. The van der Waals surface area contributed by atoms with Crippen LogP contribution < -0.4 is 4.74 Å². The first kappa shape index (κ1) is 28.6. The van der Waals surface area contributed by atoms with Gasteiger partial charge in [0, 0.05) is 27.7 Å². The molecule has 12 nitrogen and oxygen atoms in total. The fraction of sp³-hybridized carbons (Fsp3) is 0.542. The Balaban J connectivity index is 2.61. The average Bonchev–Trinajstić information content (AvgIpc) is 2.74. The van der Waals surface area contributed by atoms with Crippen molar-refractivity contribution in [1.82, 2.24) is 0 Å². The zero-order valence-corrected chi connectivity index (χ0v) is 20.9. The van der Waals surface area contributed by atoms with Gasteiger partial charge in [0.25, 0.3) is 0 Å². The first-order valence-corrected chi connectivity index (χ1v) is 11.2. The molecule has 36 heavy (non-hydrogen) atoms. The summed E-state index contributed by atoms with van der Waals surface area (Å²) in [6.45, 7) is 7.06. The van der Waals surface area contributed by atoms with Crippen molar-refractivity contribution in [2.24, 2.45) is 0 Å². The molecule has 1 aliphatic rings. The van der Waals surface area contributed by atoms with Crippen LogP contribution in [0.1, 0.15) is 57.5 Å². The maximum atomic E-state index is 12.3. The molecule has 198 valence electrons. The highest BCUT2D eigenvalue weighted by Crippen LogP contribution is 2.35. The van der Waals surface area contributed by atoms with Gasteiger partial charge in [-0.2, -0.15) is 0 Å². The van der Waals surface area contributed by atoms with Crippen LogP contribution in [-0.4, -0.2) is 72.1 Å². The smallest absolute Gasteiger partial charge is 0.303 e. The van der Waals surface area contributed by atoms with Gasteiger partial charge in [0.2, 0.25) is 12.4 Å². The first-order valence-electron chi connectivity index (χ1n) is 11.2. The number of aromatic hydroxyl groups is 1. The van der Waals surface area contributed by atoms with Gasteiger partial charge in [0.15, 0.2) is 18.0 Å². The molecule has 2 rings (SSSR count). The van der Waals surface area contributed by atoms with Gasteiger partial charge in [-0.25, -0.2) is 0 Å². The van der Waals surface area contributed by atoms with E-state index in [1.54, 1.807) is 0 Å². The average molecular weight is 510 g/mol. The van der Waals surface area contributed by atoms with Crippen molar-refractivity contribution in [3.05, 3.63) is 23.3 Å². The number of carbonyl (C=O) groups is 5. The predicted molar refractivity (Wildman–Crippen MR) is 120 cm³/mol. The molecule has 0 bridgehead atoms. The fourth-order valence-electron chi connectivity index (χ4n) is 3.72. The number of phenols is 1. The second-order valence-corrected chi connectivity index (χ2v) is 8.08. The highest BCUT2D eigenvalue weighted by molar-refractivity contribution is 5.99. The lowest BCUT2D eigenvalue weighted by molar-refractivity contribution is -0.288. The van der Waals surface area contributed by atoms with Crippen molar-refractivity contribution in [3.8, 4) is 11.5 Å². The van der Waals surface area contributed by atoms with Crippen LogP contribution in [-0.2, 0) is 49.3 Å². The molecular weight excluding hydrogens is 480 g/mol. The topological polar surface area (TPSA) is 161 Å². The Labute approximate surface area is 207 Å². The number of benzene rings is 1. The third-order valence-corrected chi connectivity index (χ3v) is 5.09. The molecule has 0 amide bonds. The molecule has 0 unspecified atom stereocenters. The molecule has 1 aromatic carbocycles. The van der Waals surface area contributed by atoms with Gasteiger partial charge in [-0.3, -0.25) is 24.0 Å². The fourth-order valence-corrected chi connectivity index (χ4v) is 3.72. The zero-order valence-electron chi connectivity index (χ0n) is 20.9. The van der Waals surface area contributed by atoms with E-state index in [-0.39, 0.29) is 17.1 Å². The SMILES string of the molecule is CCc1cc(O)c(C(C)=O)c(O[C@@H]2O[C@H](COC(C)=O)[C@@H](OC(C)=O)[C@H](OC(C)=O)[C@H]2OC(C)=O)c1. The third-order valence-electron chi connectivity index (χ3n) is 5.09. The van der Waals surface area contributed by atoms with Crippen LogP contribution in [0.15, 0.2) is 12.1 Å². The van der Waals surface area contributed by atoms with E-state index in [1.807, 2.05) is 6.92 Å². The van der Waals surface area contributed by atoms with E-state index in [0.717, 1.165) is 27.7 Å². The first-order chi connectivity index (χ1) is 16.8. The minimum atomic E-state index is -1.53. The van der Waals surface area contributed by atoms with E-state index in [4.69, 9.17) is 28.4 Å². The lowest BCUT2D eigenvalue weighted by Crippen LogP contribution is -2.63. The van der Waals surface area contributed by atoms with Crippen LogP contribution in [0.3, 0.4) is 0 Å². The van der Waals surface area contributed by atoms with Gasteiger partial charge in [-0.05, 0) is 31.0 Å². The number of ketones is 1. The van der Waals surface area contributed by atoms with Gasteiger partial charge in [-0.15, -0.1) is 0 Å². The molecule has 1 saturated heterocycles. The molecule has 1 aliphatic heterocycles. The van der Waals surface area contributed by atoms with E-state index in [0.29, 0.717) is 12.0 Å². The van der Waals surface area contributed by atoms with E-state index >= 15 is 0 Å². The van der Waals surface area contributed by atoms with Crippen LogP contribution in [0.2, 0.25) is 0 Å². The molecule has 12 heteroatoms. The van der Waals surface area contributed by atoms with Crippen molar-refractivity contribution >= 4 is 29.7 Å². The lowest BCUT2D eigenvalue weighted by atomic mass is 9.97. The van der Waals surface area contributed by atoms with Crippen molar-refractivity contribution in [3.63, 3.8) is 0 Å². The summed E-state index contributed by atoms with van der Waals surface area (Å²) in [5, 5.41) is 10.4. The van der Waals surface area contributed by atoms with Crippen LogP contribution in [0, 0.1) is 0 Å². The molecule has 0 spiro atoms. The number of Topliss-reactive ketones (excluding diaryl/α,β-unsaturated/α-hetero) is 1. The minimum Gasteiger partial charge on any atom is -0.507 e. The number of carbonyl (C=O) groups excluding carboxylic acids is 5. The summed E-state index contributed by atoms with van der Waals surface area (Å²) in [5.41, 5.74) is 0.471. The number of phenolic OH excluding ortho intramolecular Hbond substituents is 1. The van der Waals surface area contributed by atoms with Crippen molar-refractivity contribution in [2.75, 3.05) is 6.61 Å². The molecule has 0 aromatic heterocycles. The lowest BCUT2D eigenvalue weighted by Gasteiger charge is -2.44. The summed E-state index contributed by atoms with van der Waals surface area (Å²) < 4.78 is 32.9. The Kier molecular flexibility index (Phi) is 9.79. The quantitative estimate of drug-likeness (QED) is 0.291. The summed E-state index contributed by atoms with van der Waals surface area (Å²) in [6, 6.07) is 2.92. The van der Waals surface area contributed by atoms with Crippen LogP contribution in [0.4, 0.5) is 0 Å². The number of rotatable bonds is 9. The molecule has 0 aliphatic carbocycles. The Morgan fingerprint density at radius 1 is 0.833 bits per heavy atom. The van der Waals surface area contributed by atoms with E-state index < -0.39 is 67.0 Å². The normalized spacial score (nSPS) is 23.2. The number of hydrogen-bond donors (Lipinski definition) is 1. The summed E-state index contributed by atoms with van der Waals surface area (Å²) in [6.07, 6.45) is -6.52. The molecule has 1 N–H and O–H groups in total. The van der Waals surface area contributed by atoms with Crippen LogP contribution >= 0.6 is 0 Å². The second-order valence-electron chi connectivity index (χ2n) is 8.08. The number of ether oxygens (including phenoxy) is 6. The molecule has 1 heterocycles. The molecule has 0 saturated carbocycles. The summed E-state index contributed by atoms with van der Waals surface area (Å²) in [5.74, 6) is -3.96. The van der Waals surface area contributed by atoms with Crippen LogP contribution in [0.25, 0.3) is 0 Å². The second kappa shape index (κ2) is 12.3. The Hall–Kier alpha value is -3.67. The van der Waals surface area contributed by atoms with Crippen molar-refractivity contribution in [1.29, 1.82) is 0 Å². The van der Waals surface area contributed by atoms with Gasteiger partial charge in [0.1, 0.15) is 29.8 Å². The molecule has 0 radical (unpaired) electrons. The summed E-state index contributed by atoms with van der Waals surface area (Å²) >= 11 is 0. The van der Waals surface area contributed by atoms with Gasteiger partial charge in [-0.1, -0.05) is 6.92 Å². The van der Waals surface area contributed by atoms with Gasteiger partial charge < -0.3 is 33.5 Å². The molecule has 1 fully saturated rings. The summed E-state index contributed by atoms with van der Waals surface area (Å²) in [7, 11) is 0.